The number of rotatable bonds is 5. The summed E-state index contributed by atoms with van der Waals surface area (Å²) in [5.74, 6) is -0.469. The Balaban J connectivity index is 1.97. The van der Waals surface area contributed by atoms with E-state index in [1.807, 2.05) is 0 Å². The predicted octanol–water partition coefficient (Wildman–Crippen LogP) is 3.40. The minimum Gasteiger partial charge on any atom is -0.376 e. The van der Waals surface area contributed by atoms with Crippen LogP contribution in [0, 0.1) is 0 Å². The molecule has 2 rings (SSSR count). The molecule has 0 aliphatic carbocycles. The second kappa shape index (κ2) is 7.85. The summed E-state index contributed by atoms with van der Waals surface area (Å²) in [6, 6.07) is 11.9. The highest BCUT2D eigenvalue weighted by molar-refractivity contribution is 6.44. The summed E-state index contributed by atoms with van der Waals surface area (Å²) in [5.41, 5.74) is 1.62. The van der Waals surface area contributed by atoms with Gasteiger partial charge in [0.2, 0.25) is 5.91 Å². The minimum atomic E-state index is -0.278. The summed E-state index contributed by atoms with van der Waals surface area (Å²) >= 11 is 11.9. The fraction of sp³-hybridized carbons (Fsp3) is 0.125. The van der Waals surface area contributed by atoms with Crippen LogP contribution in [0.25, 0.3) is 0 Å². The lowest BCUT2D eigenvalue weighted by Crippen LogP contribution is -2.22. The number of amides is 2. The highest BCUT2D eigenvalue weighted by Crippen LogP contribution is 2.29. The normalized spacial score (nSPS) is 10.0. The second-order valence-corrected chi connectivity index (χ2v) is 5.45. The molecule has 0 fully saturated rings. The van der Waals surface area contributed by atoms with Gasteiger partial charge in [0, 0.05) is 18.3 Å². The van der Waals surface area contributed by atoms with Crippen molar-refractivity contribution in [3.8, 4) is 0 Å². The molecule has 2 aromatic rings. The first kappa shape index (κ1) is 17.1. The highest BCUT2D eigenvalue weighted by Gasteiger charge is 2.09. The fourth-order valence-electron chi connectivity index (χ4n) is 1.89. The van der Waals surface area contributed by atoms with E-state index in [-0.39, 0.29) is 18.4 Å². The van der Waals surface area contributed by atoms with Gasteiger partial charge in [-0.3, -0.25) is 9.59 Å². The van der Waals surface area contributed by atoms with E-state index in [9.17, 15) is 9.59 Å². The zero-order valence-electron chi connectivity index (χ0n) is 12.3. The standard InChI is InChI=1S/C16H15Cl2N3O2/c1-19-16(23)10-4-2-5-11(8-10)20-9-14(22)21-13-7-3-6-12(17)15(13)18/h2-8,20H,9H2,1H3,(H,19,23)(H,21,22). The van der Waals surface area contributed by atoms with Gasteiger partial charge >= 0.3 is 0 Å². The summed E-state index contributed by atoms with van der Waals surface area (Å²) in [7, 11) is 1.56. The number of benzene rings is 2. The van der Waals surface area contributed by atoms with Gasteiger partial charge < -0.3 is 16.0 Å². The average molecular weight is 352 g/mol. The number of hydrogen-bond acceptors (Lipinski definition) is 3. The van der Waals surface area contributed by atoms with E-state index in [0.717, 1.165) is 0 Å². The molecule has 0 spiro atoms. The van der Waals surface area contributed by atoms with Crippen LogP contribution in [-0.4, -0.2) is 25.4 Å². The number of nitrogens with one attached hydrogen (secondary N) is 3. The molecule has 0 heterocycles. The molecule has 0 saturated heterocycles. The molecule has 120 valence electrons. The monoisotopic (exact) mass is 351 g/mol. The number of hydrogen-bond donors (Lipinski definition) is 3. The van der Waals surface area contributed by atoms with Crippen molar-refractivity contribution in [2.75, 3.05) is 24.2 Å². The van der Waals surface area contributed by atoms with E-state index in [2.05, 4.69) is 16.0 Å². The smallest absolute Gasteiger partial charge is 0.251 e. The minimum absolute atomic E-state index is 0.0278. The molecule has 2 amide bonds. The van der Waals surface area contributed by atoms with Gasteiger partial charge in [-0.05, 0) is 30.3 Å². The second-order valence-electron chi connectivity index (χ2n) is 4.66. The van der Waals surface area contributed by atoms with Crippen LogP contribution in [-0.2, 0) is 4.79 Å². The van der Waals surface area contributed by atoms with Crippen LogP contribution in [0.4, 0.5) is 11.4 Å². The van der Waals surface area contributed by atoms with Crippen molar-refractivity contribution in [3.63, 3.8) is 0 Å². The molecular weight excluding hydrogens is 337 g/mol. The molecule has 5 nitrogen and oxygen atoms in total. The van der Waals surface area contributed by atoms with Gasteiger partial charge in [-0.25, -0.2) is 0 Å². The van der Waals surface area contributed by atoms with Crippen LogP contribution >= 0.6 is 23.2 Å². The van der Waals surface area contributed by atoms with E-state index >= 15 is 0 Å². The molecule has 7 heteroatoms. The Morgan fingerprint density at radius 3 is 2.57 bits per heavy atom. The number of anilines is 2. The number of carbonyl (C=O) groups excluding carboxylic acids is 2. The van der Waals surface area contributed by atoms with Gasteiger partial charge in [0.15, 0.2) is 0 Å². The van der Waals surface area contributed by atoms with Crippen LogP contribution < -0.4 is 16.0 Å². The molecule has 0 unspecified atom stereocenters. The maximum Gasteiger partial charge on any atom is 0.251 e. The largest absolute Gasteiger partial charge is 0.376 e. The average Bonchev–Trinajstić information content (AvgIpc) is 2.56. The molecule has 2 aromatic carbocycles. The summed E-state index contributed by atoms with van der Waals surface area (Å²) in [6.45, 7) is 0.0278. The summed E-state index contributed by atoms with van der Waals surface area (Å²) in [5, 5.41) is 8.83. The number of halogens is 2. The lowest BCUT2D eigenvalue weighted by Gasteiger charge is -2.10. The highest BCUT2D eigenvalue weighted by atomic mass is 35.5. The zero-order chi connectivity index (χ0) is 16.8. The van der Waals surface area contributed by atoms with Crippen molar-refractivity contribution in [2.45, 2.75) is 0 Å². The Kier molecular flexibility index (Phi) is 5.84. The van der Waals surface area contributed by atoms with E-state index in [0.29, 0.717) is 27.0 Å². The van der Waals surface area contributed by atoms with Crippen LogP contribution in [0.3, 0.4) is 0 Å². The van der Waals surface area contributed by atoms with Crippen LogP contribution in [0.15, 0.2) is 42.5 Å². The van der Waals surface area contributed by atoms with Gasteiger partial charge in [0.25, 0.3) is 5.91 Å². The lowest BCUT2D eigenvalue weighted by molar-refractivity contribution is -0.114. The van der Waals surface area contributed by atoms with Crippen molar-refractivity contribution in [1.29, 1.82) is 0 Å². The van der Waals surface area contributed by atoms with Crippen molar-refractivity contribution >= 4 is 46.4 Å². The molecule has 0 aromatic heterocycles. The Bertz CT molecular complexity index is 735. The van der Waals surface area contributed by atoms with Crippen LogP contribution in [0.2, 0.25) is 10.0 Å². The Morgan fingerprint density at radius 1 is 1.09 bits per heavy atom. The summed E-state index contributed by atoms with van der Waals surface area (Å²) in [6.07, 6.45) is 0. The van der Waals surface area contributed by atoms with Crippen molar-refractivity contribution in [2.24, 2.45) is 0 Å². The molecule has 0 bridgehead atoms. The third-order valence-electron chi connectivity index (χ3n) is 3.03. The maximum absolute atomic E-state index is 12.0. The number of carbonyl (C=O) groups is 2. The molecule has 0 radical (unpaired) electrons. The topological polar surface area (TPSA) is 70.2 Å². The Hall–Kier alpha value is -2.24. The van der Waals surface area contributed by atoms with E-state index < -0.39 is 0 Å². The van der Waals surface area contributed by atoms with Crippen LogP contribution in [0.5, 0.6) is 0 Å². The molecule has 0 aliphatic rings. The Labute approximate surface area is 144 Å². The van der Waals surface area contributed by atoms with Gasteiger partial charge in [-0.15, -0.1) is 0 Å². The summed E-state index contributed by atoms with van der Waals surface area (Å²) < 4.78 is 0. The predicted molar refractivity (Wildman–Crippen MR) is 93.4 cm³/mol. The first-order valence-corrected chi connectivity index (χ1v) is 7.56. The first-order chi connectivity index (χ1) is 11.0. The summed E-state index contributed by atoms with van der Waals surface area (Å²) in [4.78, 5) is 23.5. The van der Waals surface area contributed by atoms with Crippen molar-refractivity contribution in [3.05, 3.63) is 58.1 Å². The van der Waals surface area contributed by atoms with Crippen LogP contribution in [0.1, 0.15) is 10.4 Å². The molecule has 23 heavy (non-hydrogen) atoms. The van der Waals surface area contributed by atoms with Gasteiger partial charge in [-0.2, -0.15) is 0 Å². The molecule has 0 atom stereocenters. The van der Waals surface area contributed by atoms with Gasteiger partial charge in [0.1, 0.15) is 0 Å². The zero-order valence-corrected chi connectivity index (χ0v) is 13.8. The van der Waals surface area contributed by atoms with Gasteiger partial charge in [0.05, 0.1) is 22.3 Å². The molecule has 3 N–H and O–H groups in total. The molecule has 0 saturated carbocycles. The fourth-order valence-corrected chi connectivity index (χ4v) is 2.24. The SMILES string of the molecule is CNC(=O)c1cccc(NCC(=O)Nc2cccc(Cl)c2Cl)c1. The quantitative estimate of drug-likeness (QED) is 0.772. The lowest BCUT2D eigenvalue weighted by atomic mass is 10.2. The third kappa shape index (κ3) is 4.61. The molecule has 0 aliphatic heterocycles. The van der Waals surface area contributed by atoms with Crippen molar-refractivity contribution < 1.29 is 9.59 Å². The van der Waals surface area contributed by atoms with Gasteiger partial charge in [-0.1, -0.05) is 35.3 Å². The third-order valence-corrected chi connectivity index (χ3v) is 3.85. The van der Waals surface area contributed by atoms with E-state index in [1.165, 1.54) is 0 Å². The molecular formula is C16H15Cl2N3O2. The Morgan fingerprint density at radius 2 is 1.83 bits per heavy atom. The van der Waals surface area contributed by atoms with E-state index in [4.69, 9.17) is 23.2 Å². The first-order valence-electron chi connectivity index (χ1n) is 6.81. The van der Waals surface area contributed by atoms with E-state index in [1.54, 1.807) is 49.5 Å². The van der Waals surface area contributed by atoms with Crippen molar-refractivity contribution in [1.82, 2.24) is 5.32 Å². The maximum atomic E-state index is 12.0.